The Kier molecular flexibility index (Phi) is 12.1. The molecule has 2 unspecified atom stereocenters. The second-order valence-corrected chi connectivity index (χ2v) is 13.1. The van der Waals surface area contributed by atoms with Gasteiger partial charge >= 0.3 is 0 Å². The SMILES string of the molecule is C=CCC(CC(CCCCCCC)OC)OO[Si](C)(C)C(C)(C)C. The van der Waals surface area contributed by atoms with Gasteiger partial charge in [-0.1, -0.05) is 65.9 Å². The van der Waals surface area contributed by atoms with E-state index in [4.69, 9.17) is 14.2 Å². The Hall–Kier alpha value is -0.163. The molecule has 0 fully saturated rings. The Morgan fingerprint density at radius 3 is 2.17 bits per heavy atom. The van der Waals surface area contributed by atoms with Crippen molar-refractivity contribution in [2.45, 2.75) is 109 Å². The molecule has 0 aliphatic rings. The topological polar surface area (TPSA) is 27.7 Å². The van der Waals surface area contributed by atoms with Gasteiger partial charge in [-0.15, -0.1) is 6.58 Å². The molecule has 4 heteroatoms. The second-order valence-electron chi connectivity index (χ2n) is 8.38. The maximum atomic E-state index is 5.95. The second kappa shape index (κ2) is 12.2. The predicted molar refractivity (Wildman–Crippen MR) is 107 cm³/mol. The van der Waals surface area contributed by atoms with E-state index >= 15 is 0 Å². The van der Waals surface area contributed by atoms with Crippen LogP contribution in [-0.2, 0) is 14.2 Å². The molecule has 0 radical (unpaired) electrons. The van der Waals surface area contributed by atoms with Crippen LogP contribution in [-0.4, -0.2) is 27.6 Å². The highest BCUT2D eigenvalue weighted by atomic mass is 28.4. The predicted octanol–water partition coefficient (Wildman–Crippen LogP) is 6.65. The van der Waals surface area contributed by atoms with Gasteiger partial charge in [-0.3, -0.25) is 4.58 Å². The highest BCUT2D eigenvalue weighted by Gasteiger charge is 2.39. The first-order chi connectivity index (χ1) is 11.2. The van der Waals surface area contributed by atoms with Crippen LogP contribution in [0.15, 0.2) is 12.7 Å². The zero-order valence-electron chi connectivity index (χ0n) is 17.3. The van der Waals surface area contributed by atoms with E-state index < -0.39 is 8.32 Å². The van der Waals surface area contributed by atoms with Crippen LogP contribution in [0, 0.1) is 0 Å². The van der Waals surface area contributed by atoms with E-state index in [1.807, 2.05) is 6.08 Å². The number of unbranched alkanes of at least 4 members (excludes halogenated alkanes) is 4. The molecule has 0 aromatic carbocycles. The van der Waals surface area contributed by atoms with Gasteiger partial charge in [0.2, 0.25) is 8.32 Å². The molecule has 0 saturated carbocycles. The van der Waals surface area contributed by atoms with E-state index in [1.165, 1.54) is 32.1 Å². The summed E-state index contributed by atoms with van der Waals surface area (Å²) in [5.74, 6) is 0. The molecule has 0 aromatic rings. The van der Waals surface area contributed by atoms with E-state index in [2.05, 4.69) is 47.4 Å². The third kappa shape index (κ3) is 9.97. The summed E-state index contributed by atoms with van der Waals surface area (Å²) in [6, 6.07) is 0. The Balaban J connectivity index is 4.39. The van der Waals surface area contributed by atoms with Gasteiger partial charge < -0.3 is 4.74 Å². The average Bonchev–Trinajstić information content (AvgIpc) is 2.50. The van der Waals surface area contributed by atoms with Gasteiger partial charge in [0.25, 0.3) is 0 Å². The van der Waals surface area contributed by atoms with Gasteiger partial charge in [0.1, 0.15) is 0 Å². The summed E-state index contributed by atoms with van der Waals surface area (Å²) in [7, 11) is -0.0937. The Morgan fingerprint density at radius 2 is 1.67 bits per heavy atom. The van der Waals surface area contributed by atoms with E-state index in [-0.39, 0.29) is 17.2 Å². The zero-order valence-corrected chi connectivity index (χ0v) is 18.3. The fourth-order valence-electron chi connectivity index (χ4n) is 2.27. The van der Waals surface area contributed by atoms with Crippen molar-refractivity contribution in [3.63, 3.8) is 0 Å². The standard InChI is InChI=1S/C20H42O3Si/c1-9-11-12-13-14-16-18(21-6)17-19(15-10-2)22-23-24(7,8)20(3,4)5/h10,18-19H,2,9,11-17H2,1,3-8H3. The fraction of sp³-hybridized carbons (Fsp3) is 0.900. The Bertz CT molecular complexity index is 323. The van der Waals surface area contributed by atoms with Gasteiger partial charge in [-0.05, 0) is 31.0 Å². The van der Waals surface area contributed by atoms with E-state index in [1.54, 1.807) is 7.11 Å². The molecule has 0 aliphatic heterocycles. The first kappa shape index (κ1) is 23.8. The molecule has 0 N–H and O–H groups in total. The summed E-state index contributed by atoms with van der Waals surface area (Å²) in [6.07, 6.45) is 11.4. The summed E-state index contributed by atoms with van der Waals surface area (Å²) in [6.45, 7) is 17.2. The summed E-state index contributed by atoms with van der Waals surface area (Å²) in [5.41, 5.74) is 0. The third-order valence-corrected chi connectivity index (χ3v) is 9.24. The smallest absolute Gasteiger partial charge is 0.238 e. The molecule has 3 nitrogen and oxygen atoms in total. The number of ether oxygens (including phenoxy) is 1. The van der Waals surface area contributed by atoms with Crippen LogP contribution in [0.4, 0.5) is 0 Å². The van der Waals surface area contributed by atoms with Crippen molar-refractivity contribution in [2.24, 2.45) is 0 Å². The van der Waals surface area contributed by atoms with Crippen molar-refractivity contribution in [3.8, 4) is 0 Å². The van der Waals surface area contributed by atoms with Crippen molar-refractivity contribution < 1.29 is 14.2 Å². The van der Waals surface area contributed by atoms with Crippen LogP contribution < -0.4 is 0 Å². The molecular formula is C20H42O3Si. The van der Waals surface area contributed by atoms with E-state index in [0.29, 0.717) is 0 Å². The van der Waals surface area contributed by atoms with Crippen LogP contribution in [0.3, 0.4) is 0 Å². The lowest BCUT2D eigenvalue weighted by Gasteiger charge is -2.35. The minimum atomic E-state index is -1.90. The largest absolute Gasteiger partial charge is 0.381 e. The van der Waals surface area contributed by atoms with Gasteiger partial charge in [0, 0.05) is 13.5 Å². The van der Waals surface area contributed by atoms with Gasteiger partial charge in [0.05, 0.1) is 12.2 Å². The van der Waals surface area contributed by atoms with Gasteiger partial charge in [-0.25, -0.2) is 4.89 Å². The Labute approximate surface area is 152 Å². The van der Waals surface area contributed by atoms with Crippen LogP contribution in [0.5, 0.6) is 0 Å². The molecule has 0 heterocycles. The number of hydrogen-bond acceptors (Lipinski definition) is 3. The third-order valence-electron chi connectivity index (χ3n) is 5.12. The summed E-state index contributed by atoms with van der Waals surface area (Å²) in [5, 5.41) is 0.145. The minimum Gasteiger partial charge on any atom is -0.381 e. The molecule has 0 aliphatic carbocycles. The van der Waals surface area contributed by atoms with Crippen molar-refractivity contribution in [1.29, 1.82) is 0 Å². The van der Waals surface area contributed by atoms with E-state index in [0.717, 1.165) is 19.3 Å². The zero-order chi connectivity index (χ0) is 18.6. The van der Waals surface area contributed by atoms with Crippen molar-refractivity contribution in [2.75, 3.05) is 7.11 Å². The highest BCUT2D eigenvalue weighted by Crippen LogP contribution is 2.37. The molecule has 144 valence electrons. The molecular weight excluding hydrogens is 316 g/mol. The number of hydrogen-bond donors (Lipinski definition) is 0. The quantitative estimate of drug-likeness (QED) is 0.114. The minimum absolute atomic E-state index is 0.0252. The number of rotatable bonds is 14. The maximum Gasteiger partial charge on any atom is 0.238 e. The summed E-state index contributed by atoms with van der Waals surface area (Å²) >= 11 is 0. The van der Waals surface area contributed by atoms with Crippen LogP contribution in [0.1, 0.15) is 79.1 Å². The molecule has 0 spiro atoms. The van der Waals surface area contributed by atoms with Gasteiger partial charge in [0.15, 0.2) is 0 Å². The Morgan fingerprint density at radius 1 is 1.04 bits per heavy atom. The summed E-state index contributed by atoms with van der Waals surface area (Å²) in [4.78, 5) is 5.86. The fourth-order valence-corrected chi connectivity index (χ4v) is 2.90. The van der Waals surface area contributed by atoms with Crippen molar-refractivity contribution in [1.82, 2.24) is 0 Å². The summed E-state index contributed by atoms with van der Waals surface area (Å²) < 4.78 is 11.6. The monoisotopic (exact) mass is 358 g/mol. The van der Waals surface area contributed by atoms with Crippen LogP contribution in [0.2, 0.25) is 18.1 Å². The lowest BCUT2D eigenvalue weighted by Crippen LogP contribution is -2.42. The van der Waals surface area contributed by atoms with Gasteiger partial charge in [-0.2, -0.15) is 0 Å². The number of methoxy groups -OCH3 is 1. The van der Waals surface area contributed by atoms with Crippen molar-refractivity contribution in [3.05, 3.63) is 12.7 Å². The molecule has 2 atom stereocenters. The van der Waals surface area contributed by atoms with Crippen molar-refractivity contribution >= 4 is 8.32 Å². The lowest BCUT2D eigenvalue weighted by atomic mass is 10.0. The molecule has 0 saturated heterocycles. The molecule has 0 amide bonds. The molecule has 0 rings (SSSR count). The lowest BCUT2D eigenvalue weighted by molar-refractivity contribution is -0.262. The normalized spacial score (nSPS) is 15.3. The van der Waals surface area contributed by atoms with Crippen LogP contribution in [0.25, 0.3) is 0 Å². The highest BCUT2D eigenvalue weighted by molar-refractivity contribution is 6.73. The molecule has 0 bridgehead atoms. The molecule has 0 aromatic heterocycles. The molecule has 24 heavy (non-hydrogen) atoms. The average molecular weight is 359 g/mol. The van der Waals surface area contributed by atoms with Crippen LogP contribution >= 0.6 is 0 Å². The van der Waals surface area contributed by atoms with E-state index in [9.17, 15) is 0 Å². The first-order valence-electron chi connectivity index (χ1n) is 9.66. The maximum absolute atomic E-state index is 5.95. The first-order valence-corrected chi connectivity index (χ1v) is 12.6.